The molecule has 26 heavy (non-hydrogen) atoms. The number of aromatic nitrogens is 1. The number of fused-ring (bicyclic) bond motifs is 1. The fourth-order valence-electron chi connectivity index (χ4n) is 3.78. The quantitative estimate of drug-likeness (QED) is 0.890. The van der Waals surface area contributed by atoms with E-state index < -0.39 is 0 Å². The van der Waals surface area contributed by atoms with E-state index in [1.165, 1.54) is 0 Å². The molecule has 1 aromatic carbocycles. The molecular weight excluding hydrogens is 330 g/mol. The van der Waals surface area contributed by atoms with Gasteiger partial charge in [-0.1, -0.05) is 30.3 Å². The van der Waals surface area contributed by atoms with Gasteiger partial charge >= 0.3 is 0 Å². The maximum Gasteiger partial charge on any atom is 0.255 e. The van der Waals surface area contributed by atoms with Gasteiger partial charge in [-0.15, -0.1) is 0 Å². The molecule has 1 N–H and O–H groups in total. The summed E-state index contributed by atoms with van der Waals surface area (Å²) in [6.07, 6.45) is 1.40. The van der Waals surface area contributed by atoms with Crippen LogP contribution in [0.5, 0.6) is 0 Å². The normalized spacial score (nSPS) is 25.3. The molecule has 134 valence electrons. The number of aryl methyl sites for hydroxylation is 1. The third-order valence-corrected chi connectivity index (χ3v) is 5.13. The first-order valence-electron chi connectivity index (χ1n) is 8.80. The van der Waals surface area contributed by atoms with Crippen molar-refractivity contribution in [2.24, 2.45) is 0 Å². The first kappa shape index (κ1) is 16.7. The van der Waals surface area contributed by atoms with Crippen molar-refractivity contribution in [3.05, 3.63) is 65.5 Å². The first-order chi connectivity index (χ1) is 12.6. The second-order valence-electron chi connectivity index (χ2n) is 6.81. The van der Waals surface area contributed by atoms with Gasteiger partial charge in [-0.05, 0) is 24.6 Å². The molecule has 6 heteroatoms. The van der Waals surface area contributed by atoms with Gasteiger partial charge in [-0.2, -0.15) is 0 Å². The van der Waals surface area contributed by atoms with E-state index >= 15 is 0 Å². The molecule has 6 nitrogen and oxygen atoms in total. The van der Waals surface area contributed by atoms with Gasteiger partial charge in [0.1, 0.15) is 6.61 Å². The lowest BCUT2D eigenvalue weighted by molar-refractivity contribution is -0.125. The summed E-state index contributed by atoms with van der Waals surface area (Å²) in [6.45, 7) is 2.87. The highest BCUT2D eigenvalue weighted by Gasteiger charge is 2.46. The lowest BCUT2D eigenvalue weighted by Gasteiger charge is -2.26. The Morgan fingerprint density at radius 1 is 1.23 bits per heavy atom. The predicted molar refractivity (Wildman–Crippen MR) is 95.7 cm³/mol. The molecule has 0 aliphatic carbocycles. The number of nitrogens with one attached hydrogen (secondary N) is 1. The van der Waals surface area contributed by atoms with E-state index in [9.17, 15) is 9.59 Å². The number of carbonyl (C=O) groups is 2. The predicted octanol–water partition coefficient (Wildman–Crippen LogP) is 1.51. The zero-order valence-corrected chi connectivity index (χ0v) is 14.6. The minimum atomic E-state index is -0.210. The number of hydrogen-bond acceptors (Lipinski definition) is 4. The number of carbonyl (C=O) groups excluding carboxylic acids is 2. The Hall–Kier alpha value is -2.73. The number of benzene rings is 1. The third-order valence-electron chi connectivity index (χ3n) is 5.13. The largest absolute Gasteiger partial charge is 0.365 e. The number of ether oxygens (including phenoxy) is 1. The Kier molecular flexibility index (Phi) is 4.42. The van der Waals surface area contributed by atoms with Crippen LogP contribution in [-0.4, -0.2) is 53.5 Å². The van der Waals surface area contributed by atoms with Crippen molar-refractivity contribution in [3.63, 3.8) is 0 Å². The van der Waals surface area contributed by atoms with Crippen LogP contribution >= 0.6 is 0 Å². The van der Waals surface area contributed by atoms with Crippen LogP contribution in [0.2, 0.25) is 0 Å². The Balaban J connectivity index is 1.66. The number of amides is 2. The van der Waals surface area contributed by atoms with Crippen molar-refractivity contribution in [3.8, 4) is 0 Å². The molecule has 2 fully saturated rings. The fraction of sp³-hybridized carbons (Fsp3) is 0.350. The summed E-state index contributed by atoms with van der Waals surface area (Å²) >= 11 is 0. The average molecular weight is 351 g/mol. The Morgan fingerprint density at radius 2 is 2.04 bits per heavy atom. The minimum absolute atomic E-state index is 0.0264. The summed E-state index contributed by atoms with van der Waals surface area (Å²) in [5, 5.41) is 2.86. The molecule has 0 spiro atoms. The summed E-state index contributed by atoms with van der Waals surface area (Å²) in [6, 6.07) is 13.5. The van der Waals surface area contributed by atoms with Crippen molar-refractivity contribution in [2.45, 2.75) is 25.0 Å². The topological polar surface area (TPSA) is 71.5 Å². The zero-order valence-electron chi connectivity index (χ0n) is 14.6. The third kappa shape index (κ3) is 3.08. The number of hydrogen-bond donors (Lipinski definition) is 1. The summed E-state index contributed by atoms with van der Waals surface area (Å²) in [5.74, 6) is -0.183. The molecule has 3 atom stereocenters. The molecule has 0 unspecified atom stereocenters. The molecule has 0 bridgehead atoms. The summed E-state index contributed by atoms with van der Waals surface area (Å²) < 4.78 is 5.92. The molecule has 2 aliphatic rings. The Morgan fingerprint density at radius 3 is 2.77 bits per heavy atom. The lowest BCUT2D eigenvalue weighted by atomic mass is 9.93. The number of rotatable bonds is 2. The summed E-state index contributed by atoms with van der Waals surface area (Å²) in [4.78, 5) is 30.9. The van der Waals surface area contributed by atoms with Crippen LogP contribution in [0, 0.1) is 6.92 Å². The summed E-state index contributed by atoms with van der Waals surface area (Å²) in [7, 11) is 0. The standard InChI is InChI=1S/C20H21N3O3/c1-13-7-8-15(9-21-13)20(25)23-11-16(14-5-3-2-4-6-14)19-17(23)10-22-18(24)12-26-19/h2-9,16-17,19H,10-12H2,1H3,(H,22,24)/t16-,17-,19-/m1/s1. The first-order valence-corrected chi connectivity index (χ1v) is 8.80. The highest BCUT2D eigenvalue weighted by atomic mass is 16.5. The zero-order chi connectivity index (χ0) is 18.1. The minimum Gasteiger partial charge on any atom is -0.365 e. The van der Waals surface area contributed by atoms with Gasteiger partial charge in [0, 0.05) is 30.9 Å². The van der Waals surface area contributed by atoms with Gasteiger partial charge in [-0.3, -0.25) is 14.6 Å². The highest BCUT2D eigenvalue weighted by Crippen LogP contribution is 2.35. The van der Waals surface area contributed by atoms with Crippen LogP contribution in [0.1, 0.15) is 27.5 Å². The van der Waals surface area contributed by atoms with Crippen LogP contribution in [0.3, 0.4) is 0 Å². The molecule has 2 aliphatic heterocycles. The van der Waals surface area contributed by atoms with Gasteiger partial charge < -0.3 is 15.0 Å². The monoisotopic (exact) mass is 351 g/mol. The number of pyridine rings is 1. The molecule has 0 saturated carbocycles. The van der Waals surface area contributed by atoms with Gasteiger partial charge in [0.05, 0.1) is 17.7 Å². The van der Waals surface area contributed by atoms with Crippen LogP contribution < -0.4 is 5.32 Å². The summed E-state index contributed by atoms with van der Waals surface area (Å²) in [5.41, 5.74) is 2.54. The molecular formula is C20H21N3O3. The van der Waals surface area contributed by atoms with Crippen molar-refractivity contribution < 1.29 is 14.3 Å². The number of likely N-dealkylation sites (tertiary alicyclic amines) is 1. The van der Waals surface area contributed by atoms with Gasteiger partial charge in [0.15, 0.2) is 0 Å². The van der Waals surface area contributed by atoms with Gasteiger partial charge in [-0.25, -0.2) is 0 Å². The van der Waals surface area contributed by atoms with Crippen molar-refractivity contribution in [1.82, 2.24) is 15.2 Å². The molecule has 3 heterocycles. The van der Waals surface area contributed by atoms with E-state index in [4.69, 9.17) is 4.74 Å². The Bertz CT molecular complexity index is 807. The fourth-order valence-corrected chi connectivity index (χ4v) is 3.78. The van der Waals surface area contributed by atoms with Crippen LogP contribution in [0.15, 0.2) is 48.7 Å². The van der Waals surface area contributed by atoms with E-state index in [-0.39, 0.29) is 36.5 Å². The maximum absolute atomic E-state index is 13.1. The molecule has 0 radical (unpaired) electrons. The molecule has 2 amide bonds. The molecule has 2 aromatic rings. The molecule has 4 rings (SSSR count). The maximum atomic E-state index is 13.1. The van der Waals surface area contributed by atoms with Crippen molar-refractivity contribution in [2.75, 3.05) is 19.7 Å². The molecule has 1 aromatic heterocycles. The van der Waals surface area contributed by atoms with Gasteiger partial charge in [0.2, 0.25) is 5.91 Å². The SMILES string of the molecule is Cc1ccc(C(=O)N2C[C@H](c3ccccc3)[C@H]3OCC(=O)NC[C@H]32)cn1. The Labute approximate surface area is 152 Å². The van der Waals surface area contributed by atoms with Crippen LogP contribution in [0.4, 0.5) is 0 Å². The second kappa shape index (κ2) is 6.88. The van der Waals surface area contributed by atoms with E-state index in [0.717, 1.165) is 11.3 Å². The van der Waals surface area contributed by atoms with E-state index in [2.05, 4.69) is 10.3 Å². The van der Waals surface area contributed by atoms with E-state index in [0.29, 0.717) is 18.7 Å². The van der Waals surface area contributed by atoms with Crippen LogP contribution in [-0.2, 0) is 9.53 Å². The van der Waals surface area contributed by atoms with Crippen molar-refractivity contribution in [1.29, 1.82) is 0 Å². The molecule has 2 saturated heterocycles. The van der Waals surface area contributed by atoms with E-state index in [1.54, 1.807) is 12.3 Å². The second-order valence-corrected chi connectivity index (χ2v) is 6.81. The van der Waals surface area contributed by atoms with Gasteiger partial charge in [0.25, 0.3) is 5.91 Å². The smallest absolute Gasteiger partial charge is 0.255 e. The lowest BCUT2D eigenvalue weighted by Crippen LogP contribution is -2.45. The van der Waals surface area contributed by atoms with Crippen LogP contribution in [0.25, 0.3) is 0 Å². The van der Waals surface area contributed by atoms with E-state index in [1.807, 2.05) is 48.2 Å². The average Bonchev–Trinajstić information content (AvgIpc) is 2.93. The number of nitrogens with zero attached hydrogens (tertiary/aromatic N) is 2. The highest BCUT2D eigenvalue weighted by molar-refractivity contribution is 5.94. The van der Waals surface area contributed by atoms with Crippen molar-refractivity contribution >= 4 is 11.8 Å².